The van der Waals surface area contributed by atoms with Crippen LogP contribution in [0.5, 0.6) is 0 Å². The number of hydrogen-bond donors (Lipinski definition) is 1. The van der Waals surface area contributed by atoms with Crippen LogP contribution in [-0.2, 0) is 19.1 Å². The van der Waals surface area contributed by atoms with Gasteiger partial charge >= 0.3 is 0 Å². The monoisotopic (exact) mass is 237 g/mol. The molecule has 1 N–H and O–H groups in total. The van der Waals surface area contributed by atoms with Crippen LogP contribution in [0.2, 0.25) is 0 Å². The standard InChI is InChI=1S/C10H15N5S/c1-10(2,9-11-4-5-16-9)12-6-8-7-15(3)14-13-8/h4-5,7,12H,6H2,1-3H3. The van der Waals surface area contributed by atoms with Crippen molar-refractivity contribution in [3.05, 3.63) is 28.5 Å². The van der Waals surface area contributed by atoms with Crippen LogP contribution < -0.4 is 5.32 Å². The molecule has 86 valence electrons. The van der Waals surface area contributed by atoms with Crippen LogP contribution in [0.25, 0.3) is 0 Å². The molecule has 0 saturated heterocycles. The van der Waals surface area contributed by atoms with Gasteiger partial charge in [-0.25, -0.2) is 4.98 Å². The van der Waals surface area contributed by atoms with E-state index in [1.807, 2.05) is 24.8 Å². The molecule has 2 aromatic rings. The zero-order chi connectivity index (χ0) is 11.6. The number of nitrogens with one attached hydrogen (secondary N) is 1. The molecule has 0 aliphatic heterocycles. The molecule has 0 amide bonds. The van der Waals surface area contributed by atoms with Crippen LogP contribution in [0.1, 0.15) is 24.5 Å². The number of hydrogen-bond acceptors (Lipinski definition) is 5. The number of nitrogens with zero attached hydrogens (tertiary/aromatic N) is 4. The third-order valence-corrected chi connectivity index (χ3v) is 3.43. The molecule has 0 saturated carbocycles. The normalized spacial score (nSPS) is 11.9. The van der Waals surface area contributed by atoms with Gasteiger partial charge in [0.2, 0.25) is 0 Å². The molecular formula is C10H15N5S. The van der Waals surface area contributed by atoms with Crippen LogP contribution in [0.15, 0.2) is 17.8 Å². The highest BCUT2D eigenvalue weighted by Crippen LogP contribution is 2.22. The van der Waals surface area contributed by atoms with E-state index in [9.17, 15) is 0 Å². The van der Waals surface area contributed by atoms with Crippen LogP contribution >= 0.6 is 11.3 Å². The fourth-order valence-corrected chi connectivity index (χ4v) is 2.13. The van der Waals surface area contributed by atoms with Gasteiger partial charge in [-0.15, -0.1) is 16.4 Å². The Morgan fingerprint density at radius 2 is 2.31 bits per heavy atom. The van der Waals surface area contributed by atoms with Gasteiger partial charge in [0.15, 0.2) is 0 Å². The smallest absolute Gasteiger partial charge is 0.112 e. The molecule has 2 heterocycles. The number of aryl methyl sites for hydroxylation is 1. The second-order valence-corrected chi connectivity index (χ2v) is 5.09. The minimum Gasteiger partial charge on any atom is -0.300 e. The van der Waals surface area contributed by atoms with E-state index in [0.29, 0.717) is 6.54 Å². The lowest BCUT2D eigenvalue weighted by Crippen LogP contribution is -2.35. The van der Waals surface area contributed by atoms with Crippen molar-refractivity contribution in [1.82, 2.24) is 25.3 Å². The average Bonchev–Trinajstić information content (AvgIpc) is 2.85. The fraction of sp³-hybridized carbons (Fsp3) is 0.500. The van der Waals surface area contributed by atoms with Crippen molar-refractivity contribution in [1.29, 1.82) is 0 Å². The zero-order valence-electron chi connectivity index (χ0n) is 9.64. The van der Waals surface area contributed by atoms with Gasteiger partial charge < -0.3 is 5.32 Å². The molecule has 0 fully saturated rings. The van der Waals surface area contributed by atoms with Gasteiger partial charge in [-0.3, -0.25) is 4.68 Å². The summed E-state index contributed by atoms with van der Waals surface area (Å²) in [5, 5.41) is 14.4. The summed E-state index contributed by atoms with van der Waals surface area (Å²) in [5.41, 5.74) is 0.804. The number of rotatable bonds is 4. The van der Waals surface area contributed by atoms with Crippen LogP contribution in [0.4, 0.5) is 0 Å². The summed E-state index contributed by atoms with van der Waals surface area (Å²) < 4.78 is 1.70. The lowest BCUT2D eigenvalue weighted by atomic mass is 10.1. The first-order chi connectivity index (χ1) is 7.58. The molecule has 6 heteroatoms. The third kappa shape index (κ3) is 2.45. The molecule has 0 aliphatic rings. The Morgan fingerprint density at radius 1 is 1.50 bits per heavy atom. The summed E-state index contributed by atoms with van der Waals surface area (Å²) in [7, 11) is 1.86. The summed E-state index contributed by atoms with van der Waals surface area (Å²) in [6.45, 7) is 4.92. The van der Waals surface area contributed by atoms with E-state index in [-0.39, 0.29) is 5.54 Å². The van der Waals surface area contributed by atoms with Crippen LogP contribution in [-0.4, -0.2) is 20.0 Å². The van der Waals surface area contributed by atoms with E-state index >= 15 is 0 Å². The summed E-state index contributed by atoms with van der Waals surface area (Å²) in [5.74, 6) is 0. The molecular weight excluding hydrogens is 222 g/mol. The highest BCUT2D eigenvalue weighted by atomic mass is 32.1. The highest BCUT2D eigenvalue weighted by molar-refractivity contribution is 7.09. The highest BCUT2D eigenvalue weighted by Gasteiger charge is 2.22. The molecule has 0 atom stereocenters. The van der Waals surface area contributed by atoms with Crippen LogP contribution in [0, 0.1) is 0 Å². The minimum atomic E-state index is -0.133. The van der Waals surface area contributed by atoms with Gasteiger partial charge in [0.05, 0.1) is 11.2 Å². The number of aromatic nitrogens is 4. The Morgan fingerprint density at radius 3 is 2.88 bits per heavy atom. The summed E-state index contributed by atoms with van der Waals surface area (Å²) in [6.07, 6.45) is 3.73. The molecule has 0 aliphatic carbocycles. The molecule has 0 spiro atoms. The first-order valence-corrected chi connectivity index (χ1v) is 5.96. The Kier molecular flexibility index (Phi) is 3.02. The maximum Gasteiger partial charge on any atom is 0.112 e. The Balaban J connectivity index is 2.00. The maximum absolute atomic E-state index is 4.32. The van der Waals surface area contributed by atoms with Gasteiger partial charge in [-0.1, -0.05) is 5.21 Å². The average molecular weight is 237 g/mol. The third-order valence-electron chi connectivity index (χ3n) is 2.33. The van der Waals surface area contributed by atoms with Crippen molar-refractivity contribution >= 4 is 11.3 Å². The maximum atomic E-state index is 4.32. The molecule has 2 aromatic heterocycles. The van der Waals surface area contributed by atoms with Gasteiger partial charge in [-0.05, 0) is 13.8 Å². The fourth-order valence-electron chi connectivity index (χ4n) is 1.40. The van der Waals surface area contributed by atoms with E-state index in [4.69, 9.17) is 0 Å². The summed E-state index contributed by atoms with van der Waals surface area (Å²) >= 11 is 1.66. The molecule has 16 heavy (non-hydrogen) atoms. The quantitative estimate of drug-likeness (QED) is 0.870. The Labute approximate surface area is 98.5 Å². The topological polar surface area (TPSA) is 55.6 Å². The summed E-state index contributed by atoms with van der Waals surface area (Å²) in [6, 6.07) is 0. The molecule has 0 radical (unpaired) electrons. The van der Waals surface area contributed by atoms with Crippen molar-refractivity contribution < 1.29 is 0 Å². The van der Waals surface area contributed by atoms with Crippen molar-refractivity contribution in [2.75, 3.05) is 0 Å². The molecule has 0 bridgehead atoms. The van der Waals surface area contributed by atoms with E-state index in [2.05, 4.69) is 34.5 Å². The molecule has 0 unspecified atom stereocenters. The Bertz CT molecular complexity index is 445. The molecule has 2 rings (SSSR count). The SMILES string of the molecule is Cn1cc(CNC(C)(C)c2nccs2)nn1. The van der Waals surface area contributed by atoms with E-state index in [0.717, 1.165) is 10.7 Å². The predicted molar refractivity (Wildman–Crippen MR) is 63.0 cm³/mol. The lowest BCUT2D eigenvalue weighted by molar-refractivity contribution is 0.396. The van der Waals surface area contributed by atoms with Crippen molar-refractivity contribution in [2.24, 2.45) is 7.05 Å². The van der Waals surface area contributed by atoms with Crippen molar-refractivity contribution in [3.63, 3.8) is 0 Å². The zero-order valence-corrected chi connectivity index (χ0v) is 10.5. The van der Waals surface area contributed by atoms with Gasteiger partial charge in [0.25, 0.3) is 0 Å². The second-order valence-electron chi connectivity index (χ2n) is 4.20. The molecule has 0 aromatic carbocycles. The van der Waals surface area contributed by atoms with Crippen LogP contribution in [0.3, 0.4) is 0 Å². The largest absolute Gasteiger partial charge is 0.300 e. The number of thiazole rings is 1. The first-order valence-electron chi connectivity index (χ1n) is 5.08. The summed E-state index contributed by atoms with van der Waals surface area (Å²) in [4.78, 5) is 4.32. The molecule has 5 nitrogen and oxygen atoms in total. The van der Waals surface area contributed by atoms with E-state index in [1.165, 1.54) is 0 Å². The van der Waals surface area contributed by atoms with Gasteiger partial charge in [-0.2, -0.15) is 0 Å². The van der Waals surface area contributed by atoms with Crippen molar-refractivity contribution in [3.8, 4) is 0 Å². The van der Waals surface area contributed by atoms with E-state index in [1.54, 1.807) is 16.0 Å². The van der Waals surface area contributed by atoms with Gasteiger partial charge in [0.1, 0.15) is 5.01 Å². The first kappa shape index (κ1) is 11.2. The van der Waals surface area contributed by atoms with Gasteiger partial charge in [0, 0.05) is 31.4 Å². The van der Waals surface area contributed by atoms with Crippen molar-refractivity contribution in [2.45, 2.75) is 25.9 Å². The minimum absolute atomic E-state index is 0.133. The second kappa shape index (κ2) is 4.31. The van der Waals surface area contributed by atoms with E-state index < -0.39 is 0 Å². The predicted octanol–water partition coefficient (Wildman–Crippen LogP) is 1.30. The Hall–Kier alpha value is -1.27. The lowest BCUT2D eigenvalue weighted by Gasteiger charge is -2.23.